The minimum Gasteiger partial charge on any atom is -0.353 e. The van der Waals surface area contributed by atoms with Crippen molar-refractivity contribution < 1.29 is 4.79 Å². The van der Waals surface area contributed by atoms with E-state index in [0.29, 0.717) is 28.1 Å². The molecule has 1 saturated heterocycles. The molecule has 0 radical (unpaired) electrons. The molecule has 1 saturated carbocycles. The third kappa shape index (κ3) is 4.82. The first-order chi connectivity index (χ1) is 14.5. The van der Waals surface area contributed by atoms with Crippen molar-refractivity contribution in [1.82, 2.24) is 19.9 Å². The van der Waals surface area contributed by atoms with Gasteiger partial charge in [0.1, 0.15) is 4.70 Å². The Labute approximate surface area is 185 Å². The van der Waals surface area contributed by atoms with Gasteiger partial charge in [-0.15, -0.1) is 0 Å². The van der Waals surface area contributed by atoms with Crippen LogP contribution in [0.15, 0.2) is 9.95 Å². The molecule has 3 heterocycles. The first-order valence-corrected chi connectivity index (χ1v) is 12.9. The van der Waals surface area contributed by atoms with Crippen LogP contribution < -0.4 is 15.8 Å². The molecule has 0 atom stereocenters. The molecule has 1 aliphatic carbocycles. The molecule has 4 rings (SSSR count). The number of carbonyl (C=O) groups is 1. The Hall–Kier alpha value is -1.61. The highest BCUT2D eigenvalue weighted by atomic mass is 32.2. The molecule has 9 heteroatoms. The topological polar surface area (TPSA) is 80.1 Å². The fourth-order valence-corrected chi connectivity index (χ4v) is 6.12. The number of fused-ring (bicyclic) bond motifs is 1. The molecule has 0 aromatic carbocycles. The lowest BCUT2D eigenvalue weighted by atomic mass is 9.95. The van der Waals surface area contributed by atoms with Gasteiger partial charge >= 0.3 is 0 Å². The number of piperidine rings is 1. The van der Waals surface area contributed by atoms with Crippen LogP contribution in [0.5, 0.6) is 0 Å². The Bertz CT molecular complexity index is 943. The van der Waals surface area contributed by atoms with Crippen molar-refractivity contribution in [2.45, 2.75) is 76.5 Å². The second kappa shape index (κ2) is 9.68. The number of nitrogens with zero attached hydrogens (tertiary/aromatic N) is 4. The molecule has 164 valence electrons. The SMILES string of the molecule is CCn1c(SCC(=O)NC2CCCCC2)nc2nc(N3CCC(C)CC3)sc2c1=O. The number of rotatable bonds is 6. The van der Waals surface area contributed by atoms with Crippen LogP contribution in [-0.2, 0) is 11.3 Å². The predicted octanol–water partition coefficient (Wildman–Crippen LogP) is 3.65. The molecule has 2 aliphatic rings. The van der Waals surface area contributed by atoms with Gasteiger partial charge in [0.2, 0.25) is 5.91 Å². The molecule has 1 N–H and O–H groups in total. The summed E-state index contributed by atoms with van der Waals surface area (Å²) in [6.07, 6.45) is 8.08. The minimum atomic E-state index is -0.0492. The first kappa shape index (κ1) is 21.6. The van der Waals surface area contributed by atoms with Crippen LogP contribution in [0.3, 0.4) is 0 Å². The number of anilines is 1. The second-order valence-electron chi connectivity index (χ2n) is 8.45. The number of thiazole rings is 1. The molecule has 0 bridgehead atoms. The number of hydrogen-bond acceptors (Lipinski definition) is 7. The summed E-state index contributed by atoms with van der Waals surface area (Å²) in [6, 6.07) is 0.295. The van der Waals surface area contributed by atoms with E-state index in [2.05, 4.69) is 27.1 Å². The highest BCUT2D eigenvalue weighted by molar-refractivity contribution is 7.99. The van der Waals surface area contributed by atoms with Crippen molar-refractivity contribution in [2.75, 3.05) is 23.7 Å². The maximum Gasteiger partial charge on any atom is 0.273 e. The summed E-state index contributed by atoms with van der Waals surface area (Å²) in [5.74, 6) is 1.04. The van der Waals surface area contributed by atoms with E-state index in [9.17, 15) is 9.59 Å². The van der Waals surface area contributed by atoms with Crippen molar-refractivity contribution in [3.8, 4) is 0 Å². The molecule has 30 heavy (non-hydrogen) atoms. The van der Waals surface area contributed by atoms with Crippen molar-refractivity contribution in [1.29, 1.82) is 0 Å². The standard InChI is InChI=1S/C21H31N5O2S2/c1-3-26-19(28)17-18(23-20(30-17)25-11-9-14(2)10-12-25)24-21(26)29-13-16(27)22-15-7-5-4-6-8-15/h14-15H,3-13H2,1-2H3,(H,22,27). The molecular weight excluding hydrogens is 418 g/mol. The average molecular weight is 450 g/mol. The number of amides is 1. The quantitative estimate of drug-likeness (QED) is 0.536. The lowest BCUT2D eigenvalue weighted by molar-refractivity contribution is -0.119. The van der Waals surface area contributed by atoms with E-state index in [1.54, 1.807) is 4.57 Å². The van der Waals surface area contributed by atoms with Crippen LogP contribution in [0.4, 0.5) is 5.13 Å². The van der Waals surface area contributed by atoms with Crippen LogP contribution in [0.1, 0.15) is 58.8 Å². The molecule has 0 unspecified atom stereocenters. The Morgan fingerprint density at radius 1 is 1.17 bits per heavy atom. The van der Waals surface area contributed by atoms with E-state index >= 15 is 0 Å². The Balaban J connectivity index is 1.49. The fourth-order valence-electron chi connectivity index (χ4n) is 4.25. The molecule has 1 amide bonds. The zero-order valence-corrected chi connectivity index (χ0v) is 19.5. The van der Waals surface area contributed by atoms with E-state index in [4.69, 9.17) is 0 Å². The molecule has 7 nitrogen and oxygen atoms in total. The monoisotopic (exact) mass is 449 g/mol. The lowest BCUT2D eigenvalue weighted by Gasteiger charge is -2.29. The van der Waals surface area contributed by atoms with Crippen molar-refractivity contribution >= 4 is 44.5 Å². The predicted molar refractivity (Wildman–Crippen MR) is 124 cm³/mol. The maximum absolute atomic E-state index is 13.1. The zero-order chi connectivity index (χ0) is 21.1. The molecule has 2 aromatic rings. The number of carbonyl (C=O) groups excluding carboxylic acids is 1. The Morgan fingerprint density at radius 3 is 2.60 bits per heavy atom. The molecular formula is C21H31N5O2S2. The fraction of sp³-hybridized carbons (Fsp3) is 0.714. The summed E-state index contributed by atoms with van der Waals surface area (Å²) < 4.78 is 2.28. The van der Waals surface area contributed by atoms with Gasteiger partial charge in [-0.2, -0.15) is 4.98 Å². The molecule has 2 aromatic heterocycles. The van der Waals surface area contributed by atoms with Gasteiger partial charge in [0, 0.05) is 25.7 Å². The van der Waals surface area contributed by atoms with Crippen LogP contribution >= 0.6 is 23.1 Å². The van der Waals surface area contributed by atoms with Crippen molar-refractivity contribution in [2.24, 2.45) is 5.92 Å². The van der Waals surface area contributed by atoms with Crippen LogP contribution in [-0.4, -0.2) is 45.3 Å². The van der Waals surface area contributed by atoms with Crippen LogP contribution in [0.2, 0.25) is 0 Å². The highest BCUT2D eigenvalue weighted by Gasteiger charge is 2.22. The number of hydrogen-bond donors (Lipinski definition) is 1. The first-order valence-electron chi connectivity index (χ1n) is 11.1. The van der Waals surface area contributed by atoms with Gasteiger partial charge in [-0.1, -0.05) is 49.3 Å². The lowest BCUT2D eigenvalue weighted by Crippen LogP contribution is -2.37. The van der Waals surface area contributed by atoms with Gasteiger partial charge in [-0.3, -0.25) is 14.2 Å². The van der Waals surface area contributed by atoms with E-state index in [0.717, 1.165) is 49.8 Å². The maximum atomic E-state index is 13.1. The second-order valence-corrected chi connectivity index (χ2v) is 10.4. The normalized spacial score (nSPS) is 18.8. The van der Waals surface area contributed by atoms with E-state index < -0.39 is 0 Å². The Kier molecular flexibility index (Phi) is 6.98. The van der Waals surface area contributed by atoms with E-state index in [1.165, 1.54) is 42.4 Å². The molecule has 0 spiro atoms. The molecule has 2 fully saturated rings. The van der Waals surface area contributed by atoms with Crippen LogP contribution in [0, 0.1) is 5.92 Å². The number of aromatic nitrogens is 3. The van der Waals surface area contributed by atoms with Crippen LogP contribution in [0.25, 0.3) is 10.3 Å². The average Bonchev–Trinajstić information content (AvgIpc) is 3.18. The van der Waals surface area contributed by atoms with Gasteiger partial charge in [0.25, 0.3) is 5.56 Å². The van der Waals surface area contributed by atoms with Crippen molar-refractivity contribution in [3.63, 3.8) is 0 Å². The largest absolute Gasteiger partial charge is 0.353 e. The summed E-state index contributed by atoms with van der Waals surface area (Å²) in [4.78, 5) is 37.1. The van der Waals surface area contributed by atoms with Gasteiger partial charge in [-0.05, 0) is 38.5 Å². The van der Waals surface area contributed by atoms with Crippen molar-refractivity contribution in [3.05, 3.63) is 10.4 Å². The number of thioether (sulfide) groups is 1. The summed E-state index contributed by atoms with van der Waals surface area (Å²) in [6.45, 7) is 6.71. The van der Waals surface area contributed by atoms with E-state index in [-0.39, 0.29) is 17.2 Å². The van der Waals surface area contributed by atoms with Gasteiger partial charge in [0.05, 0.1) is 5.75 Å². The van der Waals surface area contributed by atoms with Gasteiger partial charge in [0.15, 0.2) is 15.9 Å². The Morgan fingerprint density at radius 2 is 1.90 bits per heavy atom. The smallest absolute Gasteiger partial charge is 0.273 e. The van der Waals surface area contributed by atoms with Gasteiger partial charge < -0.3 is 10.2 Å². The summed E-state index contributed by atoms with van der Waals surface area (Å²) in [5.41, 5.74) is 0.463. The van der Waals surface area contributed by atoms with E-state index in [1.807, 2.05) is 6.92 Å². The highest BCUT2D eigenvalue weighted by Crippen LogP contribution is 2.30. The zero-order valence-electron chi connectivity index (χ0n) is 17.9. The summed E-state index contributed by atoms with van der Waals surface area (Å²) in [7, 11) is 0. The third-order valence-electron chi connectivity index (χ3n) is 6.14. The summed E-state index contributed by atoms with van der Waals surface area (Å²) in [5, 5.41) is 4.61. The minimum absolute atomic E-state index is 0.0188. The molecule has 1 aliphatic heterocycles. The summed E-state index contributed by atoms with van der Waals surface area (Å²) >= 11 is 2.78. The van der Waals surface area contributed by atoms with Gasteiger partial charge in [-0.25, -0.2) is 4.98 Å². The third-order valence-corrected chi connectivity index (χ3v) is 8.21. The number of nitrogens with one attached hydrogen (secondary N) is 1.